The standard InChI is InChI=1S/C8H17BrN2O4S/c1-3-15-8(12)11-16(13,14)10-6-7(2)4-5-9/h7,10H,3-6H2,1-2H3,(H,11,12). The van der Waals surface area contributed by atoms with E-state index in [4.69, 9.17) is 0 Å². The lowest BCUT2D eigenvalue weighted by molar-refractivity contribution is 0.158. The molecule has 0 aliphatic heterocycles. The predicted octanol–water partition coefficient (Wildman–Crippen LogP) is 0.988. The average Bonchev–Trinajstić information content (AvgIpc) is 2.15. The molecule has 1 atom stereocenters. The number of carbonyl (C=O) groups is 1. The minimum Gasteiger partial charge on any atom is -0.449 e. The molecule has 8 heteroatoms. The van der Waals surface area contributed by atoms with E-state index >= 15 is 0 Å². The minimum atomic E-state index is -3.81. The number of halogens is 1. The molecule has 0 aliphatic rings. The first kappa shape index (κ1) is 15.7. The van der Waals surface area contributed by atoms with Gasteiger partial charge in [-0.2, -0.15) is 13.1 Å². The number of ether oxygens (including phenoxy) is 1. The highest BCUT2D eigenvalue weighted by atomic mass is 79.9. The number of alkyl halides is 1. The number of hydrogen-bond donors (Lipinski definition) is 2. The van der Waals surface area contributed by atoms with Gasteiger partial charge in [0.1, 0.15) is 0 Å². The highest BCUT2D eigenvalue weighted by Gasteiger charge is 2.15. The van der Waals surface area contributed by atoms with E-state index in [1.165, 1.54) is 0 Å². The zero-order valence-electron chi connectivity index (χ0n) is 9.32. The van der Waals surface area contributed by atoms with Gasteiger partial charge in [0, 0.05) is 11.9 Å². The first-order chi connectivity index (χ1) is 7.41. The van der Waals surface area contributed by atoms with Crippen molar-refractivity contribution in [3.63, 3.8) is 0 Å². The van der Waals surface area contributed by atoms with E-state index < -0.39 is 16.3 Å². The number of carbonyl (C=O) groups excluding carboxylic acids is 1. The second-order valence-electron chi connectivity index (χ2n) is 3.26. The lowest BCUT2D eigenvalue weighted by Crippen LogP contribution is -2.42. The van der Waals surface area contributed by atoms with Gasteiger partial charge < -0.3 is 4.74 Å². The maximum Gasteiger partial charge on any atom is 0.421 e. The van der Waals surface area contributed by atoms with E-state index in [9.17, 15) is 13.2 Å². The van der Waals surface area contributed by atoms with Crippen molar-refractivity contribution in [3.8, 4) is 0 Å². The van der Waals surface area contributed by atoms with Crippen molar-refractivity contribution in [1.82, 2.24) is 9.44 Å². The fourth-order valence-electron chi connectivity index (χ4n) is 0.847. The van der Waals surface area contributed by atoms with Crippen LogP contribution in [0.5, 0.6) is 0 Å². The van der Waals surface area contributed by atoms with Gasteiger partial charge in [-0.1, -0.05) is 22.9 Å². The lowest BCUT2D eigenvalue weighted by atomic mass is 10.1. The third-order valence-electron chi connectivity index (χ3n) is 1.72. The van der Waals surface area contributed by atoms with Crippen LogP contribution < -0.4 is 9.44 Å². The molecule has 96 valence electrons. The summed E-state index contributed by atoms with van der Waals surface area (Å²) < 4.78 is 31.0. The maximum atomic E-state index is 11.3. The highest BCUT2D eigenvalue weighted by molar-refractivity contribution is 9.09. The van der Waals surface area contributed by atoms with Crippen LogP contribution in [0.4, 0.5) is 4.79 Å². The molecule has 0 aliphatic carbocycles. The summed E-state index contributed by atoms with van der Waals surface area (Å²) in [5, 5.41) is 0.807. The Morgan fingerprint density at radius 3 is 2.62 bits per heavy atom. The van der Waals surface area contributed by atoms with Crippen LogP contribution in [0.2, 0.25) is 0 Å². The SMILES string of the molecule is CCOC(=O)NS(=O)(=O)NCC(C)CCBr. The number of rotatable bonds is 7. The van der Waals surface area contributed by atoms with Gasteiger partial charge in [0.05, 0.1) is 6.61 Å². The molecule has 0 spiro atoms. The highest BCUT2D eigenvalue weighted by Crippen LogP contribution is 2.02. The Balaban J connectivity index is 4.01. The van der Waals surface area contributed by atoms with Gasteiger partial charge in [0.15, 0.2) is 0 Å². The molecule has 0 rings (SSSR count). The summed E-state index contributed by atoms with van der Waals surface area (Å²) in [4.78, 5) is 10.9. The van der Waals surface area contributed by atoms with Crippen molar-refractivity contribution in [2.75, 3.05) is 18.5 Å². The molecular formula is C8H17BrN2O4S. The molecule has 1 unspecified atom stereocenters. The number of nitrogens with one attached hydrogen (secondary N) is 2. The molecular weight excluding hydrogens is 300 g/mol. The second-order valence-corrected chi connectivity index (χ2v) is 5.55. The quantitative estimate of drug-likeness (QED) is 0.686. The monoisotopic (exact) mass is 316 g/mol. The number of amides is 1. The molecule has 0 saturated heterocycles. The second kappa shape index (κ2) is 7.86. The first-order valence-corrected chi connectivity index (χ1v) is 7.51. The van der Waals surface area contributed by atoms with E-state index in [2.05, 4.69) is 25.4 Å². The van der Waals surface area contributed by atoms with E-state index in [1.54, 1.807) is 11.6 Å². The van der Waals surface area contributed by atoms with Gasteiger partial charge >= 0.3 is 16.3 Å². The smallest absolute Gasteiger partial charge is 0.421 e. The minimum absolute atomic E-state index is 0.126. The van der Waals surface area contributed by atoms with Crippen molar-refractivity contribution < 1.29 is 17.9 Å². The zero-order chi connectivity index (χ0) is 12.6. The molecule has 0 aromatic heterocycles. The van der Waals surface area contributed by atoms with E-state index in [0.29, 0.717) is 0 Å². The fraction of sp³-hybridized carbons (Fsp3) is 0.875. The third kappa shape index (κ3) is 7.89. The summed E-state index contributed by atoms with van der Waals surface area (Å²) in [6.45, 7) is 3.91. The Hall–Kier alpha value is -0.340. The summed E-state index contributed by atoms with van der Waals surface area (Å²) in [6.07, 6.45) is -0.120. The molecule has 2 N–H and O–H groups in total. The lowest BCUT2D eigenvalue weighted by Gasteiger charge is -2.11. The van der Waals surface area contributed by atoms with Crippen molar-refractivity contribution in [3.05, 3.63) is 0 Å². The van der Waals surface area contributed by atoms with E-state index in [1.807, 2.05) is 6.92 Å². The molecule has 0 bridgehead atoms. The zero-order valence-corrected chi connectivity index (χ0v) is 11.7. The van der Waals surface area contributed by atoms with Gasteiger partial charge in [-0.15, -0.1) is 0 Å². The first-order valence-electron chi connectivity index (χ1n) is 4.91. The van der Waals surface area contributed by atoms with Gasteiger partial charge in [0.2, 0.25) is 0 Å². The number of hydrogen-bond acceptors (Lipinski definition) is 4. The molecule has 0 aromatic carbocycles. The van der Waals surface area contributed by atoms with E-state index in [0.717, 1.165) is 11.8 Å². The van der Waals surface area contributed by atoms with Gasteiger partial charge in [-0.05, 0) is 19.3 Å². The van der Waals surface area contributed by atoms with Crippen LogP contribution in [0.25, 0.3) is 0 Å². The third-order valence-corrected chi connectivity index (χ3v) is 3.16. The molecule has 0 fully saturated rings. The van der Waals surface area contributed by atoms with Crippen LogP contribution in [0.3, 0.4) is 0 Å². The topological polar surface area (TPSA) is 84.5 Å². The molecule has 0 radical (unpaired) electrons. The summed E-state index contributed by atoms with van der Waals surface area (Å²) in [6, 6.07) is 0. The molecule has 6 nitrogen and oxygen atoms in total. The molecule has 0 aromatic rings. The summed E-state index contributed by atoms with van der Waals surface area (Å²) in [5.74, 6) is 0.193. The van der Waals surface area contributed by atoms with Crippen LogP contribution >= 0.6 is 15.9 Å². The summed E-state index contributed by atoms with van der Waals surface area (Å²) in [7, 11) is -3.81. The molecule has 0 heterocycles. The van der Waals surface area contributed by atoms with Crippen molar-refractivity contribution in [2.24, 2.45) is 5.92 Å². The van der Waals surface area contributed by atoms with Gasteiger partial charge in [0.25, 0.3) is 0 Å². The van der Waals surface area contributed by atoms with Gasteiger partial charge in [-0.25, -0.2) is 9.52 Å². The molecule has 16 heavy (non-hydrogen) atoms. The summed E-state index contributed by atoms with van der Waals surface area (Å²) in [5.41, 5.74) is 0. The van der Waals surface area contributed by atoms with Crippen LogP contribution in [-0.4, -0.2) is 33.0 Å². The molecule has 1 amide bonds. The van der Waals surface area contributed by atoms with E-state index in [-0.39, 0.29) is 19.1 Å². The van der Waals surface area contributed by atoms with Crippen molar-refractivity contribution in [2.45, 2.75) is 20.3 Å². The summed E-state index contributed by atoms with van der Waals surface area (Å²) >= 11 is 3.26. The van der Waals surface area contributed by atoms with Crippen LogP contribution in [0.1, 0.15) is 20.3 Å². The Morgan fingerprint density at radius 1 is 1.50 bits per heavy atom. The Morgan fingerprint density at radius 2 is 2.12 bits per heavy atom. The Labute approximate surface area is 104 Å². The van der Waals surface area contributed by atoms with Crippen LogP contribution in [-0.2, 0) is 14.9 Å². The predicted molar refractivity (Wildman–Crippen MR) is 64.7 cm³/mol. The Bertz CT molecular complexity index is 307. The average molecular weight is 317 g/mol. The fourth-order valence-corrected chi connectivity index (χ4v) is 2.48. The molecule has 0 saturated carbocycles. The van der Waals surface area contributed by atoms with Gasteiger partial charge in [-0.3, -0.25) is 0 Å². The normalized spacial score (nSPS) is 13.2. The van der Waals surface area contributed by atoms with Crippen molar-refractivity contribution >= 4 is 32.2 Å². The van der Waals surface area contributed by atoms with Crippen LogP contribution in [0, 0.1) is 5.92 Å². The van der Waals surface area contributed by atoms with Crippen molar-refractivity contribution in [1.29, 1.82) is 0 Å². The Kier molecular flexibility index (Phi) is 7.69. The largest absolute Gasteiger partial charge is 0.449 e. The maximum absolute atomic E-state index is 11.3. The van der Waals surface area contributed by atoms with Crippen LogP contribution in [0.15, 0.2) is 0 Å².